The van der Waals surface area contributed by atoms with Crippen molar-refractivity contribution in [1.29, 1.82) is 0 Å². The Morgan fingerprint density at radius 3 is 2.30 bits per heavy atom. The van der Waals surface area contributed by atoms with Gasteiger partial charge in [0.2, 0.25) is 10.0 Å². The predicted molar refractivity (Wildman–Crippen MR) is 81.3 cm³/mol. The average Bonchev–Trinajstić information content (AvgIpc) is 2.46. The molecule has 2 atom stereocenters. The average molecular weight is 314 g/mol. The second-order valence-electron chi connectivity index (χ2n) is 5.87. The van der Waals surface area contributed by atoms with Crippen LogP contribution in [0.1, 0.15) is 50.6 Å². The van der Waals surface area contributed by atoms with E-state index in [1.54, 1.807) is 4.31 Å². The number of sulfonamides is 1. The summed E-state index contributed by atoms with van der Waals surface area (Å²) in [5.41, 5.74) is 1.06. The third-order valence-corrected chi connectivity index (χ3v) is 7.19. The van der Waals surface area contributed by atoms with E-state index in [4.69, 9.17) is 11.6 Å². The summed E-state index contributed by atoms with van der Waals surface area (Å²) in [6, 6.07) is 7.76. The number of nitrogens with zero attached hydrogens (tertiary/aromatic N) is 1. The Kier molecular flexibility index (Phi) is 3.82. The number of hydrogen-bond donors (Lipinski definition) is 0. The van der Waals surface area contributed by atoms with E-state index in [0.717, 1.165) is 31.2 Å². The van der Waals surface area contributed by atoms with Gasteiger partial charge in [0.05, 0.1) is 11.3 Å². The Morgan fingerprint density at radius 1 is 1.10 bits per heavy atom. The molecule has 1 aliphatic carbocycles. The molecule has 1 saturated carbocycles. The van der Waals surface area contributed by atoms with E-state index in [1.165, 1.54) is 6.42 Å². The molecule has 1 heterocycles. The maximum atomic E-state index is 12.4. The zero-order valence-electron chi connectivity index (χ0n) is 11.6. The summed E-state index contributed by atoms with van der Waals surface area (Å²) in [5, 5.41) is 0.360. The van der Waals surface area contributed by atoms with Gasteiger partial charge >= 0.3 is 0 Å². The molecule has 1 aromatic carbocycles. The molecule has 0 unspecified atom stereocenters. The van der Waals surface area contributed by atoms with Crippen LogP contribution in [-0.2, 0) is 10.0 Å². The molecule has 3 nitrogen and oxygen atoms in total. The summed E-state index contributed by atoms with van der Waals surface area (Å²) < 4.78 is 26.6. The zero-order chi connectivity index (χ0) is 14.3. The fourth-order valence-corrected chi connectivity index (χ4v) is 5.68. The van der Waals surface area contributed by atoms with Crippen LogP contribution in [-0.4, -0.2) is 24.0 Å². The van der Waals surface area contributed by atoms with Crippen molar-refractivity contribution in [3.8, 4) is 0 Å². The molecule has 2 aliphatic rings. The second kappa shape index (κ2) is 5.32. The molecule has 0 amide bonds. The van der Waals surface area contributed by atoms with Gasteiger partial charge in [0.25, 0.3) is 0 Å². The molecule has 1 saturated heterocycles. The van der Waals surface area contributed by atoms with Crippen molar-refractivity contribution in [3.63, 3.8) is 0 Å². The number of halogens is 1. The van der Waals surface area contributed by atoms with Crippen LogP contribution in [0.4, 0.5) is 0 Å². The lowest BCUT2D eigenvalue weighted by molar-refractivity contribution is 0.160. The van der Waals surface area contributed by atoms with Crippen molar-refractivity contribution in [1.82, 2.24) is 4.31 Å². The summed E-state index contributed by atoms with van der Waals surface area (Å²) in [4.78, 5) is 0. The SMILES string of the molecule is C[C@H]1[C@@H](c2ccc(Cl)cc2)N(C2CCCCC2)S1(=O)=O. The van der Waals surface area contributed by atoms with Gasteiger partial charge in [-0.25, -0.2) is 8.42 Å². The van der Waals surface area contributed by atoms with Crippen LogP contribution in [0.2, 0.25) is 5.02 Å². The van der Waals surface area contributed by atoms with Crippen molar-refractivity contribution < 1.29 is 8.42 Å². The van der Waals surface area contributed by atoms with E-state index < -0.39 is 10.0 Å². The summed E-state index contributed by atoms with van der Waals surface area (Å²) >= 11 is 5.92. The Morgan fingerprint density at radius 2 is 1.70 bits per heavy atom. The zero-order valence-corrected chi connectivity index (χ0v) is 13.2. The van der Waals surface area contributed by atoms with Gasteiger partial charge in [-0.15, -0.1) is 0 Å². The highest BCUT2D eigenvalue weighted by molar-refractivity contribution is 7.91. The van der Waals surface area contributed by atoms with Crippen molar-refractivity contribution in [2.24, 2.45) is 0 Å². The molecule has 3 rings (SSSR count). The first-order valence-electron chi connectivity index (χ1n) is 7.29. The molecule has 0 N–H and O–H groups in total. The Labute approximate surface area is 126 Å². The van der Waals surface area contributed by atoms with Crippen molar-refractivity contribution in [3.05, 3.63) is 34.9 Å². The van der Waals surface area contributed by atoms with Crippen molar-refractivity contribution in [2.45, 2.75) is 56.4 Å². The highest BCUT2D eigenvalue weighted by Crippen LogP contribution is 2.46. The summed E-state index contributed by atoms with van der Waals surface area (Å²) in [6.07, 6.45) is 5.49. The molecule has 0 spiro atoms. The highest BCUT2D eigenvalue weighted by atomic mass is 35.5. The van der Waals surface area contributed by atoms with E-state index in [2.05, 4.69) is 0 Å². The van der Waals surface area contributed by atoms with Crippen molar-refractivity contribution in [2.75, 3.05) is 0 Å². The molecular weight excluding hydrogens is 294 g/mol. The number of benzene rings is 1. The first-order chi connectivity index (χ1) is 9.51. The normalized spacial score (nSPS) is 30.9. The van der Waals surface area contributed by atoms with Gasteiger partial charge in [0.15, 0.2) is 0 Å². The van der Waals surface area contributed by atoms with Gasteiger partial charge in [-0.1, -0.05) is 43.0 Å². The first kappa shape index (κ1) is 14.4. The van der Waals surface area contributed by atoms with E-state index in [9.17, 15) is 8.42 Å². The lowest BCUT2D eigenvalue weighted by Crippen LogP contribution is -2.60. The van der Waals surface area contributed by atoms with Crippen LogP contribution in [0, 0.1) is 0 Å². The van der Waals surface area contributed by atoms with Gasteiger partial charge in [-0.3, -0.25) is 0 Å². The molecule has 0 radical (unpaired) electrons. The molecule has 110 valence electrons. The molecule has 1 aromatic rings. The monoisotopic (exact) mass is 313 g/mol. The largest absolute Gasteiger partial charge is 0.219 e. The Balaban J connectivity index is 1.90. The second-order valence-corrected chi connectivity index (χ2v) is 8.50. The smallest absolute Gasteiger partial charge is 0.212 e. The highest BCUT2D eigenvalue weighted by Gasteiger charge is 2.54. The lowest BCUT2D eigenvalue weighted by atomic mass is 9.93. The Bertz CT molecular complexity index is 578. The van der Waals surface area contributed by atoms with Gasteiger partial charge in [-0.05, 0) is 37.5 Å². The molecule has 0 aromatic heterocycles. The van der Waals surface area contributed by atoms with Gasteiger partial charge in [0.1, 0.15) is 0 Å². The summed E-state index contributed by atoms with van der Waals surface area (Å²) in [6.45, 7) is 1.81. The van der Waals surface area contributed by atoms with Crippen LogP contribution in [0.5, 0.6) is 0 Å². The van der Waals surface area contributed by atoms with Crippen molar-refractivity contribution >= 4 is 21.6 Å². The molecule has 5 heteroatoms. The molecule has 1 aliphatic heterocycles. The van der Waals surface area contributed by atoms with Crippen LogP contribution in [0.25, 0.3) is 0 Å². The maximum Gasteiger partial charge on any atom is 0.219 e. The van der Waals surface area contributed by atoms with Gasteiger partial charge in [-0.2, -0.15) is 4.31 Å². The van der Waals surface area contributed by atoms with Gasteiger partial charge in [0, 0.05) is 11.1 Å². The van der Waals surface area contributed by atoms with Crippen LogP contribution < -0.4 is 0 Å². The van der Waals surface area contributed by atoms with Crippen LogP contribution in [0.3, 0.4) is 0 Å². The third-order valence-electron chi connectivity index (χ3n) is 4.63. The molecular formula is C15H20ClNO2S. The van der Waals surface area contributed by atoms with Gasteiger partial charge < -0.3 is 0 Å². The lowest BCUT2D eigenvalue weighted by Gasteiger charge is -2.50. The minimum atomic E-state index is -3.11. The quantitative estimate of drug-likeness (QED) is 0.834. The summed E-state index contributed by atoms with van der Waals surface area (Å²) in [5.74, 6) is 0. The van der Waals surface area contributed by atoms with Crippen LogP contribution in [0.15, 0.2) is 24.3 Å². The van der Waals surface area contributed by atoms with E-state index in [1.807, 2.05) is 31.2 Å². The standard InChI is InChI=1S/C15H20ClNO2S/c1-11-15(12-7-9-13(16)10-8-12)17(20(11,18)19)14-5-3-2-4-6-14/h7-11,14-15H,2-6H2,1H3/t11-,15-/m0/s1. The molecule has 20 heavy (non-hydrogen) atoms. The topological polar surface area (TPSA) is 37.4 Å². The maximum absolute atomic E-state index is 12.4. The predicted octanol–water partition coefficient (Wildman–Crippen LogP) is 3.75. The fourth-order valence-electron chi connectivity index (χ4n) is 3.51. The number of rotatable bonds is 2. The minimum Gasteiger partial charge on any atom is -0.212 e. The third kappa shape index (κ3) is 2.28. The molecule has 0 bridgehead atoms. The summed E-state index contributed by atoms with van der Waals surface area (Å²) in [7, 11) is -3.11. The Hall–Kier alpha value is -0.580. The first-order valence-corrected chi connectivity index (χ1v) is 9.18. The van der Waals surface area contributed by atoms with E-state index in [0.29, 0.717) is 5.02 Å². The minimum absolute atomic E-state index is 0.0135. The van der Waals surface area contributed by atoms with E-state index >= 15 is 0 Å². The van der Waals surface area contributed by atoms with Crippen LogP contribution >= 0.6 is 11.6 Å². The number of hydrogen-bond acceptors (Lipinski definition) is 2. The molecule has 2 fully saturated rings. The van der Waals surface area contributed by atoms with E-state index in [-0.39, 0.29) is 17.3 Å². The fraction of sp³-hybridized carbons (Fsp3) is 0.600.